The fourth-order valence-corrected chi connectivity index (χ4v) is 12.4. The average Bonchev–Trinajstić information content (AvgIpc) is 3.98. The fraction of sp³-hybridized carbons (Fsp3) is 0. The summed E-state index contributed by atoms with van der Waals surface area (Å²) in [5, 5.41) is 17.6. The molecule has 0 nitrogen and oxygen atoms in total. The average molecular weight is 748 g/mol. The van der Waals surface area contributed by atoms with E-state index in [1.165, 1.54) is 106 Å². The van der Waals surface area contributed by atoms with Crippen LogP contribution in [0.5, 0.6) is 0 Å². The van der Waals surface area contributed by atoms with E-state index in [2.05, 4.69) is 168 Å². The van der Waals surface area contributed by atoms with Crippen LogP contribution in [0.25, 0.3) is 106 Å². The van der Waals surface area contributed by atoms with E-state index in [1.54, 1.807) is 0 Å². The van der Waals surface area contributed by atoms with Gasteiger partial charge < -0.3 is 0 Å². The molecule has 0 N–H and O–H groups in total. The molecule has 0 saturated carbocycles. The van der Waals surface area contributed by atoms with E-state index in [9.17, 15) is 0 Å². The van der Waals surface area contributed by atoms with Crippen molar-refractivity contribution in [1.82, 2.24) is 0 Å². The van der Waals surface area contributed by atoms with Crippen LogP contribution in [-0.4, -0.2) is 14.5 Å². The number of fused-ring (bicyclic) bond motifs is 7. The van der Waals surface area contributed by atoms with Gasteiger partial charge in [-0.05, 0) is 0 Å². The van der Waals surface area contributed by atoms with Crippen LogP contribution in [0.1, 0.15) is 0 Å². The van der Waals surface area contributed by atoms with Crippen molar-refractivity contribution in [1.29, 1.82) is 0 Å². The Labute approximate surface area is 309 Å². The third kappa shape index (κ3) is 4.43. The Bertz CT molecular complexity index is 3010. The molecule has 0 spiro atoms. The van der Waals surface area contributed by atoms with Crippen molar-refractivity contribution >= 4 is 99.6 Å². The van der Waals surface area contributed by atoms with Crippen molar-refractivity contribution in [3.05, 3.63) is 168 Å². The molecule has 0 saturated heterocycles. The Hall–Kier alpha value is -5.28. The topological polar surface area (TPSA) is 0 Å². The molecule has 11 aromatic rings. The van der Waals surface area contributed by atoms with Crippen LogP contribution in [0.4, 0.5) is 0 Å². The number of benzene rings is 8. The third-order valence-corrected chi connectivity index (χ3v) is 14.6. The fourth-order valence-electron chi connectivity index (χ4n) is 8.42. The van der Waals surface area contributed by atoms with Crippen LogP contribution < -0.4 is 0 Å². The van der Waals surface area contributed by atoms with Crippen LogP contribution in [0.15, 0.2) is 168 Å². The molecule has 0 bridgehead atoms. The summed E-state index contributed by atoms with van der Waals surface area (Å²) in [7, 11) is 0. The first-order chi connectivity index (χ1) is 25.3. The zero-order valence-electron chi connectivity index (χ0n) is 27.4. The van der Waals surface area contributed by atoms with E-state index in [1.807, 2.05) is 22.7 Å². The van der Waals surface area contributed by atoms with Gasteiger partial charge in [-0.15, -0.1) is 0 Å². The number of thiophene rings is 2. The molecule has 0 aliphatic carbocycles. The summed E-state index contributed by atoms with van der Waals surface area (Å²) < 4.78 is 2.92. The van der Waals surface area contributed by atoms with E-state index in [-0.39, 0.29) is 14.5 Å². The zero-order valence-corrected chi connectivity index (χ0v) is 30.7. The number of rotatable bonds is 4. The van der Waals surface area contributed by atoms with Crippen molar-refractivity contribution in [2.45, 2.75) is 0 Å². The second kappa shape index (κ2) is 11.6. The van der Waals surface area contributed by atoms with Crippen LogP contribution in [0.3, 0.4) is 0 Å². The summed E-state index contributed by atoms with van der Waals surface area (Å²) in [6.07, 6.45) is 0. The van der Waals surface area contributed by atoms with Gasteiger partial charge in [0.2, 0.25) is 0 Å². The summed E-state index contributed by atoms with van der Waals surface area (Å²) in [4.78, 5) is 2.63. The summed E-state index contributed by atoms with van der Waals surface area (Å²) in [6.45, 7) is 0. The first-order valence-electron chi connectivity index (χ1n) is 17.2. The second-order valence-electron chi connectivity index (χ2n) is 13.1. The quantitative estimate of drug-likeness (QED) is 0.124. The molecular formula is C48H28S2Se. The Morgan fingerprint density at radius 2 is 0.804 bits per heavy atom. The zero-order chi connectivity index (χ0) is 33.5. The van der Waals surface area contributed by atoms with E-state index in [0.29, 0.717) is 0 Å². The molecule has 0 atom stereocenters. The van der Waals surface area contributed by atoms with Crippen molar-refractivity contribution in [3.8, 4) is 43.1 Å². The molecule has 0 unspecified atom stereocenters. The Balaban J connectivity index is 1.24. The molecule has 238 valence electrons. The van der Waals surface area contributed by atoms with Crippen LogP contribution in [0, 0.1) is 0 Å². The van der Waals surface area contributed by atoms with Crippen molar-refractivity contribution in [2.75, 3.05) is 0 Å². The first kappa shape index (κ1) is 29.4. The molecule has 8 aromatic carbocycles. The Kier molecular flexibility index (Phi) is 6.72. The van der Waals surface area contributed by atoms with Crippen LogP contribution >= 0.6 is 22.7 Å². The van der Waals surface area contributed by atoms with Gasteiger partial charge in [-0.2, -0.15) is 0 Å². The molecule has 11 rings (SSSR count). The first-order valence-corrected chi connectivity index (χ1v) is 20.7. The monoisotopic (exact) mass is 748 g/mol. The van der Waals surface area contributed by atoms with E-state index < -0.39 is 0 Å². The predicted octanol–water partition coefficient (Wildman–Crippen LogP) is 14.5. The molecule has 3 heteroatoms. The van der Waals surface area contributed by atoms with Gasteiger partial charge in [0.25, 0.3) is 0 Å². The van der Waals surface area contributed by atoms with Crippen molar-refractivity contribution in [2.24, 2.45) is 0 Å². The second-order valence-corrected chi connectivity index (χ2v) is 17.3. The molecule has 3 aromatic heterocycles. The van der Waals surface area contributed by atoms with Crippen LogP contribution in [0.2, 0.25) is 0 Å². The van der Waals surface area contributed by atoms with E-state index in [4.69, 9.17) is 0 Å². The molecule has 0 aliphatic rings. The van der Waals surface area contributed by atoms with E-state index >= 15 is 0 Å². The predicted molar refractivity (Wildman–Crippen MR) is 226 cm³/mol. The Morgan fingerprint density at radius 3 is 1.27 bits per heavy atom. The minimum absolute atomic E-state index is 0.231. The third-order valence-electron chi connectivity index (χ3n) is 10.5. The molecule has 0 radical (unpaired) electrons. The van der Waals surface area contributed by atoms with Gasteiger partial charge in [-0.3, -0.25) is 0 Å². The standard InChI is InChI=1S/C48H28S2Se/c1-5-16-34-30(12-1)44(31-13-2-6-17-35(31)46(34)40-21-10-26-49-40)29-24-25-42-39(28-29)48-38(20-9-23-43(48)51-42)45-32-14-3-7-18-36(32)47(41-22-11-27-50-41)37-19-8-4-15-33(37)45/h1-28H. The maximum atomic E-state index is 2.51. The minimum atomic E-state index is 0.231. The number of hydrogen-bond acceptors (Lipinski definition) is 2. The van der Waals surface area contributed by atoms with Gasteiger partial charge in [-0.25, -0.2) is 0 Å². The SMILES string of the molecule is c1csc(-c2c3ccccc3c(-c3ccc4[se]c5cccc(-c6c7ccccc7c(-c7cccs7)c7ccccc67)c5c4c3)c3ccccc23)c1. The van der Waals surface area contributed by atoms with E-state index in [0.717, 1.165) is 0 Å². The molecule has 0 fully saturated rings. The Morgan fingerprint density at radius 1 is 0.333 bits per heavy atom. The van der Waals surface area contributed by atoms with Gasteiger partial charge in [0.15, 0.2) is 0 Å². The summed E-state index contributed by atoms with van der Waals surface area (Å²) in [5.41, 5.74) is 7.94. The molecular weight excluding hydrogens is 720 g/mol. The van der Waals surface area contributed by atoms with Gasteiger partial charge in [0.1, 0.15) is 0 Å². The van der Waals surface area contributed by atoms with Crippen LogP contribution in [-0.2, 0) is 0 Å². The van der Waals surface area contributed by atoms with Gasteiger partial charge in [0.05, 0.1) is 0 Å². The van der Waals surface area contributed by atoms with Gasteiger partial charge in [-0.1, -0.05) is 0 Å². The molecule has 0 aliphatic heterocycles. The van der Waals surface area contributed by atoms with Gasteiger partial charge >= 0.3 is 311 Å². The molecule has 51 heavy (non-hydrogen) atoms. The van der Waals surface area contributed by atoms with Gasteiger partial charge in [0, 0.05) is 0 Å². The normalized spacial score (nSPS) is 11.9. The van der Waals surface area contributed by atoms with Crippen molar-refractivity contribution < 1.29 is 0 Å². The summed E-state index contributed by atoms with van der Waals surface area (Å²) in [6, 6.07) is 59.3. The summed E-state index contributed by atoms with van der Waals surface area (Å²) >= 11 is 3.87. The molecule has 3 heterocycles. The van der Waals surface area contributed by atoms with Crippen molar-refractivity contribution in [3.63, 3.8) is 0 Å². The molecule has 0 amide bonds. The number of hydrogen-bond donors (Lipinski definition) is 0. The maximum absolute atomic E-state index is 2.51. The summed E-state index contributed by atoms with van der Waals surface area (Å²) in [5.74, 6) is 0.